The lowest BCUT2D eigenvalue weighted by Gasteiger charge is -2.58. The van der Waals surface area contributed by atoms with Gasteiger partial charge in [-0.05, 0) is 42.7 Å². The van der Waals surface area contributed by atoms with E-state index in [2.05, 4.69) is 17.2 Å². The molecule has 0 unspecified atom stereocenters. The molecular formula is C25H24FN3O3. The summed E-state index contributed by atoms with van der Waals surface area (Å²) in [5.74, 6) is 6.13. The number of amides is 3. The van der Waals surface area contributed by atoms with Crippen LogP contribution in [0, 0.1) is 23.6 Å². The van der Waals surface area contributed by atoms with Crippen molar-refractivity contribution in [3.05, 3.63) is 65.5 Å². The van der Waals surface area contributed by atoms with E-state index in [9.17, 15) is 19.1 Å². The lowest BCUT2D eigenvalue weighted by molar-refractivity contribution is -0.159. The van der Waals surface area contributed by atoms with E-state index in [0.29, 0.717) is 12.5 Å². The topological polar surface area (TPSA) is 72.9 Å². The van der Waals surface area contributed by atoms with Crippen LogP contribution in [0.4, 0.5) is 14.9 Å². The fourth-order valence-corrected chi connectivity index (χ4v) is 4.61. The first-order valence-electron chi connectivity index (χ1n) is 10.9. The normalized spacial score (nSPS) is 24.2. The first-order chi connectivity index (χ1) is 15.5. The van der Waals surface area contributed by atoms with E-state index in [1.54, 1.807) is 17.0 Å². The number of carbonyl (C=O) groups excluding carboxylic acids is 2. The van der Waals surface area contributed by atoms with Crippen LogP contribution >= 0.6 is 0 Å². The van der Waals surface area contributed by atoms with Gasteiger partial charge < -0.3 is 20.2 Å². The Morgan fingerprint density at radius 1 is 1.16 bits per heavy atom. The molecule has 1 aliphatic carbocycles. The van der Waals surface area contributed by atoms with Gasteiger partial charge in [0.2, 0.25) is 5.91 Å². The van der Waals surface area contributed by atoms with Gasteiger partial charge >= 0.3 is 6.03 Å². The number of nitrogens with zero attached hydrogens (tertiary/aromatic N) is 2. The standard InChI is InChI=1S/C25H24FN3O3/c26-19-3-1-2-4-20(19)27-25(32)28-13-21-24(22(15-30)29(21)23(31)14-28)18-11-9-17(10-12-18)8-7-16-5-6-16/h1-4,9-12,16,21-22,24,30H,5-6,13-15H2,(H,27,32)/t21-,22+,24+/m0/s1. The fraction of sp³-hybridized carbons (Fsp3) is 0.360. The van der Waals surface area contributed by atoms with Crippen LogP contribution in [-0.4, -0.2) is 58.6 Å². The number of anilines is 1. The van der Waals surface area contributed by atoms with Crippen LogP contribution in [0.2, 0.25) is 0 Å². The third-order valence-corrected chi connectivity index (χ3v) is 6.45. The Bertz CT molecular complexity index is 1100. The number of carbonyl (C=O) groups is 2. The quantitative estimate of drug-likeness (QED) is 0.732. The van der Waals surface area contributed by atoms with Crippen molar-refractivity contribution in [3.8, 4) is 11.8 Å². The summed E-state index contributed by atoms with van der Waals surface area (Å²) in [5.41, 5.74) is 2.03. The van der Waals surface area contributed by atoms with Gasteiger partial charge in [-0.25, -0.2) is 9.18 Å². The lowest BCUT2D eigenvalue weighted by Crippen LogP contribution is -2.73. The average Bonchev–Trinajstić information content (AvgIpc) is 3.60. The highest BCUT2D eigenvalue weighted by Crippen LogP contribution is 2.43. The maximum absolute atomic E-state index is 13.9. The maximum Gasteiger partial charge on any atom is 0.322 e. The Kier molecular flexibility index (Phi) is 5.32. The number of para-hydroxylation sites is 1. The van der Waals surface area contributed by atoms with E-state index < -0.39 is 11.8 Å². The summed E-state index contributed by atoms with van der Waals surface area (Å²) >= 11 is 0. The summed E-state index contributed by atoms with van der Waals surface area (Å²) in [6, 6.07) is 12.8. The number of rotatable bonds is 3. The van der Waals surface area contributed by atoms with Gasteiger partial charge in [0.15, 0.2) is 0 Å². The molecule has 2 N–H and O–H groups in total. The number of hydrogen-bond acceptors (Lipinski definition) is 3. The minimum absolute atomic E-state index is 0.0775. The summed E-state index contributed by atoms with van der Waals surface area (Å²) in [7, 11) is 0. The van der Waals surface area contributed by atoms with E-state index in [0.717, 1.165) is 11.1 Å². The SMILES string of the molecule is O=C(Nc1ccccc1F)N1CC(=O)N2[C@H](CO)[C@H](c3ccc(C#CC4CC4)cc3)[C@@H]2C1. The third-order valence-electron chi connectivity index (χ3n) is 6.45. The molecule has 0 radical (unpaired) electrons. The molecule has 5 rings (SSSR count). The van der Waals surface area contributed by atoms with Gasteiger partial charge in [0.05, 0.1) is 24.4 Å². The molecule has 0 spiro atoms. The number of hydrogen-bond donors (Lipinski definition) is 2. The molecule has 2 heterocycles. The molecule has 7 heteroatoms. The molecule has 3 aliphatic rings. The Labute approximate surface area is 186 Å². The van der Waals surface area contributed by atoms with Gasteiger partial charge in [0.1, 0.15) is 12.4 Å². The summed E-state index contributed by atoms with van der Waals surface area (Å²) in [6.07, 6.45) is 2.36. The van der Waals surface area contributed by atoms with E-state index in [-0.39, 0.29) is 42.7 Å². The molecule has 164 valence electrons. The predicted octanol–water partition coefficient (Wildman–Crippen LogP) is 2.79. The second-order valence-corrected chi connectivity index (χ2v) is 8.60. The van der Waals surface area contributed by atoms with Crippen molar-refractivity contribution in [1.82, 2.24) is 9.80 Å². The molecule has 6 nitrogen and oxygen atoms in total. The van der Waals surface area contributed by atoms with Crippen LogP contribution in [0.15, 0.2) is 48.5 Å². The van der Waals surface area contributed by atoms with Crippen molar-refractivity contribution in [2.75, 3.05) is 25.0 Å². The van der Waals surface area contributed by atoms with Crippen molar-refractivity contribution in [1.29, 1.82) is 0 Å². The monoisotopic (exact) mass is 433 g/mol. The number of fused-ring (bicyclic) bond motifs is 1. The Hall–Kier alpha value is -3.37. The zero-order valence-electron chi connectivity index (χ0n) is 17.5. The largest absolute Gasteiger partial charge is 0.394 e. The Balaban J connectivity index is 1.32. The zero-order valence-corrected chi connectivity index (χ0v) is 17.5. The molecule has 0 bridgehead atoms. The van der Waals surface area contributed by atoms with E-state index in [1.807, 2.05) is 24.3 Å². The van der Waals surface area contributed by atoms with Crippen molar-refractivity contribution in [2.24, 2.45) is 5.92 Å². The smallest absolute Gasteiger partial charge is 0.322 e. The van der Waals surface area contributed by atoms with Gasteiger partial charge in [-0.1, -0.05) is 36.1 Å². The second kappa shape index (κ2) is 8.29. The van der Waals surface area contributed by atoms with Crippen molar-refractivity contribution < 1.29 is 19.1 Å². The fourth-order valence-electron chi connectivity index (χ4n) is 4.61. The Morgan fingerprint density at radius 3 is 2.59 bits per heavy atom. The minimum atomic E-state index is -0.530. The molecule has 2 aromatic carbocycles. The number of piperazine rings is 1. The highest BCUT2D eigenvalue weighted by atomic mass is 19.1. The van der Waals surface area contributed by atoms with Crippen LogP contribution in [-0.2, 0) is 4.79 Å². The number of nitrogens with one attached hydrogen (secondary N) is 1. The molecule has 32 heavy (non-hydrogen) atoms. The van der Waals surface area contributed by atoms with Crippen molar-refractivity contribution >= 4 is 17.6 Å². The van der Waals surface area contributed by atoms with E-state index >= 15 is 0 Å². The molecule has 3 amide bonds. The van der Waals surface area contributed by atoms with Crippen LogP contribution in [0.5, 0.6) is 0 Å². The zero-order chi connectivity index (χ0) is 22.2. The van der Waals surface area contributed by atoms with Crippen LogP contribution in [0.3, 0.4) is 0 Å². The van der Waals surface area contributed by atoms with Crippen LogP contribution < -0.4 is 5.32 Å². The van der Waals surface area contributed by atoms with Gasteiger partial charge in [0.25, 0.3) is 0 Å². The number of aliphatic hydroxyl groups is 1. The minimum Gasteiger partial charge on any atom is -0.394 e. The van der Waals surface area contributed by atoms with Gasteiger partial charge in [-0.3, -0.25) is 4.79 Å². The number of benzene rings is 2. The summed E-state index contributed by atoms with van der Waals surface area (Å²) < 4.78 is 13.9. The first-order valence-corrected chi connectivity index (χ1v) is 10.9. The number of urea groups is 1. The number of halogens is 1. The summed E-state index contributed by atoms with van der Waals surface area (Å²) in [6.45, 7) is 0.0731. The van der Waals surface area contributed by atoms with E-state index in [1.165, 1.54) is 29.9 Å². The molecule has 2 saturated heterocycles. The van der Waals surface area contributed by atoms with Gasteiger partial charge in [0, 0.05) is 23.9 Å². The van der Waals surface area contributed by atoms with Crippen molar-refractivity contribution in [2.45, 2.75) is 30.8 Å². The summed E-state index contributed by atoms with van der Waals surface area (Å²) in [4.78, 5) is 28.6. The van der Waals surface area contributed by atoms with Crippen molar-refractivity contribution in [3.63, 3.8) is 0 Å². The molecule has 2 aromatic rings. The molecule has 3 fully saturated rings. The summed E-state index contributed by atoms with van der Waals surface area (Å²) in [5, 5.41) is 12.5. The molecule has 3 atom stereocenters. The Morgan fingerprint density at radius 2 is 1.91 bits per heavy atom. The molecule has 0 aromatic heterocycles. The lowest BCUT2D eigenvalue weighted by atomic mass is 9.73. The predicted molar refractivity (Wildman–Crippen MR) is 117 cm³/mol. The molecule has 2 aliphatic heterocycles. The average molecular weight is 433 g/mol. The second-order valence-electron chi connectivity index (χ2n) is 8.60. The van der Waals surface area contributed by atoms with E-state index in [4.69, 9.17) is 0 Å². The van der Waals surface area contributed by atoms with Crippen LogP contribution in [0.25, 0.3) is 0 Å². The molecule has 1 saturated carbocycles. The van der Waals surface area contributed by atoms with Gasteiger partial charge in [-0.15, -0.1) is 0 Å². The molecular weight excluding hydrogens is 409 g/mol. The highest BCUT2D eigenvalue weighted by Gasteiger charge is 2.54. The van der Waals surface area contributed by atoms with Gasteiger partial charge in [-0.2, -0.15) is 0 Å². The third kappa shape index (κ3) is 3.82. The highest BCUT2D eigenvalue weighted by molar-refractivity contribution is 5.94. The van der Waals surface area contributed by atoms with Crippen LogP contribution in [0.1, 0.15) is 29.9 Å². The first kappa shape index (κ1) is 20.5. The number of aliphatic hydroxyl groups excluding tert-OH is 1. The maximum atomic E-state index is 13.9.